The number of fused-ring (bicyclic) bond motifs is 6. The molecule has 9 atom stereocenters. The molecule has 3 amide bonds. The number of benzene rings is 6. The Balaban J connectivity index is 0.000000149. The van der Waals surface area contributed by atoms with Crippen molar-refractivity contribution in [1.82, 2.24) is 44.4 Å². The van der Waals surface area contributed by atoms with Crippen LogP contribution < -0.4 is 43.6 Å². The zero-order valence-corrected chi connectivity index (χ0v) is 80.3. The van der Waals surface area contributed by atoms with Crippen LogP contribution in [0.15, 0.2) is 147 Å². The van der Waals surface area contributed by atoms with E-state index in [-0.39, 0.29) is 85.4 Å². The highest BCUT2D eigenvalue weighted by Gasteiger charge is 2.42. The van der Waals surface area contributed by atoms with Crippen molar-refractivity contribution in [3.63, 3.8) is 0 Å². The van der Waals surface area contributed by atoms with Crippen molar-refractivity contribution in [2.75, 3.05) is 183 Å². The summed E-state index contributed by atoms with van der Waals surface area (Å²) in [5.41, 5.74) is 16.7. The van der Waals surface area contributed by atoms with Gasteiger partial charge in [0.2, 0.25) is 35.4 Å². The smallest absolute Gasteiger partial charge is 0.246 e. The van der Waals surface area contributed by atoms with Gasteiger partial charge in [-0.3, -0.25) is 29.1 Å². The molecule has 6 fully saturated rings. The van der Waals surface area contributed by atoms with Crippen LogP contribution in [0, 0.1) is 94.7 Å². The minimum atomic E-state index is -0.319. The zero-order valence-electron chi connectivity index (χ0n) is 80.3. The molecule has 0 N–H and O–H groups in total. The molecule has 9 aromatic rings. The molecule has 12 heterocycles. The summed E-state index contributed by atoms with van der Waals surface area (Å²) in [5.74, 6) is 1.10. The van der Waals surface area contributed by atoms with Gasteiger partial charge in [0.05, 0.1) is 122 Å². The standard InChI is InChI=1S/2C36H41N7O3.C36H41N7O2/c2*1-5-33(44)43-17-16-42(20-26(43)12-14-37)35-29-13-15-41(32-11-7-10-25-9-6-8-24(2)34(25)32)22-31(29)39-36(30(35)19-38)46-23-27-18-28(45-4)21-40(27)3;1-5-33(44)43-17-16-42(21-27(43)12-14-37)35-29-13-15-41(32-11-7-10-26-9-6-8-25(3)34(26)32)22-31(29)39-36(30(35)19-38)45-23-28-18-24(2)20-40(28)4/h2*5-11,26-28H,1,12-13,15-18,20-23H2,2-4H3;5-11,24,27-28H,1,12-13,15-18,20-23H2,2-4H3/t26-,27-,28+;26-,27-,28-;24-,27+,28+/m001/s1. The summed E-state index contributed by atoms with van der Waals surface area (Å²) in [6, 6.07) is 52.1. The van der Waals surface area contributed by atoms with Gasteiger partial charge in [-0.1, -0.05) is 118 Å². The quantitative estimate of drug-likeness (QED) is 0.0537. The van der Waals surface area contributed by atoms with Gasteiger partial charge in [-0.2, -0.15) is 31.6 Å². The lowest BCUT2D eigenvalue weighted by atomic mass is 9.95. The van der Waals surface area contributed by atoms with E-state index in [1.807, 2.05) is 0 Å². The van der Waals surface area contributed by atoms with Gasteiger partial charge < -0.3 is 67.8 Å². The van der Waals surface area contributed by atoms with Gasteiger partial charge in [-0.25, -0.2) is 15.0 Å². The minimum absolute atomic E-state index is 0.140. The predicted molar refractivity (Wildman–Crippen MR) is 532 cm³/mol. The van der Waals surface area contributed by atoms with E-state index >= 15 is 0 Å². The van der Waals surface area contributed by atoms with Crippen LogP contribution in [0.2, 0.25) is 0 Å². The Hall–Kier alpha value is -13.9. The van der Waals surface area contributed by atoms with Crippen molar-refractivity contribution in [3.05, 3.63) is 214 Å². The molecule has 9 aliphatic rings. The van der Waals surface area contributed by atoms with Crippen molar-refractivity contribution < 1.29 is 38.1 Å². The summed E-state index contributed by atoms with van der Waals surface area (Å²) in [5, 5.41) is 68.0. The highest BCUT2D eigenvalue weighted by molar-refractivity contribution is 6.00. The van der Waals surface area contributed by atoms with Gasteiger partial charge in [0.25, 0.3) is 0 Å². The van der Waals surface area contributed by atoms with Crippen LogP contribution in [-0.4, -0.2) is 264 Å². The SMILES string of the molecule is C=CC(=O)N1CCN(c2c(C#N)c(OC[C@@H]3C[C@@H](C)CN3C)nc3c2CCN(c2cccc4cccc(C)c24)C3)C[C@@H]1CC#N.C=CC(=O)N1CCN(c2c(C#N)c(OC[C@@H]3C[C@@H](OC)CN3C)nc3c2CCN(c2cccc4cccc(C)c24)C3)C[C@@H]1CC#N.C=CC(=O)N1CCN(c2c(C#N)c(OC[C@@H]3C[C@H](OC)CN3C)nc3c2CCN(c2cccc4cccc(C)c24)C3)C[C@@H]1CC#N. The molecule has 0 aliphatic carbocycles. The van der Waals surface area contributed by atoms with Gasteiger partial charge in [0, 0.05) is 180 Å². The number of amides is 3. The number of piperazine rings is 3. The van der Waals surface area contributed by atoms with Gasteiger partial charge in [-0.05, 0) is 156 Å². The molecule has 29 heteroatoms. The highest BCUT2D eigenvalue weighted by Crippen LogP contribution is 2.46. The average Bonchev–Trinajstić information content (AvgIpc) is 1.28. The van der Waals surface area contributed by atoms with Crippen LogP contribution in [-0.2, 0) is 62.8 Å². The molecule has 137 heavy (non-hydrogen) atoms. The molecule has 0 radical (unpaired) electrons. The number of likely N-dealkylation sites (N-methyl/N-ethyl adjacent to an activating group) is 3. The Morgan fingerprint density at radius 2 is 0.679 bits per heavy atom. The van der Waals surface area contributed by atoms with E-state index < -0.39 is 0 Å². The fourth-order valence-corrected chi connectivity index (χ4v) is 22.3. The molecule has 0 bridgehead atoms. The fraction of sp³-hybridized carbons (Fsp3) is 0.444. The van der Waals surface area contributed by atoms with Crippen molar-refractivity contribution in [2.24, 2.45) is 5.92 Å². The highest BCUT2D eigenvalue weighted by atomic mass is 16.5. The minimum Gasteiger partial charge on any atom is -0.475 e. The lowest BCUT2D eigenvalue weighted by Crippen LogP contribution is -2.55. The molecule has 0 unspecified atom stereocenters. The molecular formula is C108H123N21O8. The first-order valence-electron chi connectivity index (χ1n) is 47.8. The number of ether oxygens (including phenoxy) is 5. The van der Waals surface area contributed by atoms with Gasteiger partial charge in [0.1, 0.15) is 54.7 Å². The molecule has 18 rings (SSSR count). The van der Waals surface area contributed by atoms with Crippen LogP contribution >= 0.6 is 0 Å². The van der Waals surface area contributed by atoms with E-state index in [1.54, 1.807) is 28.9 Å². The van der Waals surface area contributed by atoms with Gasteiger partial charge in [-0.15, -0.1) is 0 Å². The number of pyridine rings is 3. The fourth-order valence-electron chi connectivity index (χ4n) is 22.3. The molecule has 3 aromatic heterocycles. The summed E-state index contributed by atoms with van der Waals surface area (Å²) >= 11 is 0. The van der Waals surface area contributed by atoms with E-state index in [0.29, 0.717) is 158 Å². The molecule has 6 saturated heterocycles. The molecule has 0 spiro atoms. The number of rotatable bonds is 23. The van der Waals surface area contributed by atoms with E-state index in [0.717, 1.165) is 109 Å². The number of methoxy groups -OCH3 is 2. The summed E-state index contributed by atoms with van der Waals surface area (Å²) in [6.45, 7) is 31.9. The van der Waals surface area contributed by atoms with Crippen LogP contribution in [0.4, 0.5) is 34.1 Å². The normalized spacial score (nSPS) is 21.6. The second-order valence-electron chi connectivity index (χ2n) is 37.7. The van der Waals surface area contributed by atoms with Crippen LogP contribution in [0.25, 0.3) is 32.3 Å². The largest absolute Gasteiger partial charge is 0.475 e. The van der Waals surface area contributed by atoms with E-state index in [2.05, 4.69) is 258 Å². The Morgan fingerprint density at radius 3 is 0.942 bits per heavy atom. The number of nitriles is 6. The second kappa shape index (κ2) is 43.0. The Labute approximate surface area is 804 Å². The van der Waals surface area contributed by atoms with E-state index in [9.17, 15) is 46.0 Å². The topological polar surface area (TPSA) is 318 Å². The maximum absolute atomic E-state index is 12.7. The first-order valence-corrected chi connectivity index (χ1v) is 47.8. The lowest BCUT2D eigenvalue weighted by molar-refractivity contribution is -0.129. The number of aromatic nitrogens is 3. The van der Waals surface area contributed by atoms with Crippen molar-refractivity contribution >= 4 is 84.2 Å². The van der Waals surface area contributed by atoms with Crippen LogP contribution in [0.3, 0.4) is 0 Å². The summed E-state index contributed by atoms with van der Waals surface area (Å²) in [6.07, 6.45) is 9.64. The Bertz CT molecular complexity index is 6090. The van der Waals surface area contributed by atoms with E-state index in [4.69, 9.17) is 38.6 Å². The third-order valence-corrected chi connectivity index (χ3v) is 29.4. The lowest BCUT2D eigenvalue weighted by Gasteiger charge is -2.43. The molecule has 29 nitrogen and oxygen atoms in total. The maximum atomic E-state index is 12.7. The molecular weight excluding hydrogens is 1720 g/mol. The van der Waals surface area contributed by atoms with Gasteiger partial charge in [0.15, 0.2) is 0 Å². The molecule has 0 saturated carbocycles. The van der Waals surface area contributed by atoms with Crippen molar-refractivity contribution in [2.45, 2.75) is 154 Å². The number of aryl methyl sites for hydroxylation is 3. The third kappa shape index (κ3) is 20.1. The number of carbonyl (C=O) groups excluding carboxylic acids is 3. The predicted octanol–water partition coefficient (Wildman–Crippen LogP) is 13.2. The number of anilines is 6. The number of likely N-dealkylation sites (tertiary alicyclic amines) is 3. The summed E-state index contributed by atoms with van der Waals surface area (Å²) < 4.78 is 30.6. The average molecular weight is 1840 g/mol. The third-order valence-electron chi connectivity index (χ3n) is 29.4. The second-order valence-corrected chi connectivity index (χ2v) is 37.7. The van der Waals surface area contributed by atoms with Crippen LogP contribution in [0.1, 0.15) is 113 Å². The number of carbonyl (C=O) groups is 3. The maximum Gasteiger partial charge on any atom is 0.246 e. The molecule has 6 aromatic carbocycles. The number of nitrogens with zero attached hydrogens (tertiary/aromatic N) is 21. The summed E-state index contributed by atoms with van der Waals surface area (Å²) in [7, 11) is 9.72. The monoisotopic (exact) mass is 1840 g/mol. The van der Waals surface area contributed by atoms with Crippen molar-refractivity contribution in [3.8, 4) is 54.1 Å². The first-order chi connectivity index (χ1) is 66.5. The van der Waals surface area contributed by atoms with Gasteiger partial charge >= 0.3 is 0 Å². The Kier molecular flexibility index (Phi) is 30.2. The molecule has 9 aliphatic heterocycles. The summed E-state index contributed by atoms with van der Waals surface area (Å²) in [4.78, 5) is 78.7. The first kappa shape index (κ1) is 96.2. The van der Waals surface area contributed by atoms with Crippen molar-refractivity contribution in [1.29, 1.82) is 31.6 Å². The number of hydrogen-bond acceptors (Lipinski definition) is 26. The number of hydrogen-bond donors (Lipinski definition) is 0. The van der Waals surface area contributed by atoms with Crippen LogP contribution in [0.5, 0.6) is 17.6 Å². The Morgan fingerprint density at radius 1 is 0.387 bits per heavy atom. The zero-order chi connectivity index (χ0) is 96.4. The molecule has 708 valence electrons. The van der Waals surface area contributed by atoms with E-state index in [1.165, 1.54) is 84.3 Å².